The molecule has 6 heteroatoms. The lowest BCUT2D eigenvalue weighted by Crippen LogP contribution is -2.14. The van der Waals surface area contributed by atoms with Gasteiger partial charge in [-0.1, -0.05) is 35.5 Å². The number of nitrogens with zero attached hydrogens (tertiary/aromatic N) is 2. The fourth-order valence-corrected chi connectivity index (χ4v) is 4.27. The molecule has 2 heterocycles. The number of carbonyl (C=O) groups excluding carboxylic acids is 1. The van der Waals surface area contributed by atoms with Gasteiger partial charge in [-0.15, -0.1) is 0 Å². The Morgan fingerprint density at radius 3 is 2.81 bits per heavy atom. The number of hydrogen-bond acceptors (Lipinski definition) is 4. The molecule has 31 heavy (non-hydrogen) atoms. The van der Waals surface area contributed by atoms with Gasteiger partial charge in [-0.25, -0.2) is 14.4 Å². The molecule has 2 atom stereocenters. The number of fused-ring (bicyclic) bond motifs is 1. The van der Waals surface area contributed by atoms with E-state index >= 15 is 0 Å². The van der Waals surface area contributed by atoms with Gasteiger partial charge in [0.25, 0.3) is 0 Å². The fraction of sp³-hybridized carbons (Fsp3) is 0.160. The van der Waals surface area contributed by atoms with Crippen LogP contribution in [0, 0.1) is 24.7 Å². The van der Waals surface area contributed by atoms with E-state index in [1.165, 1.54) is 11.3 Å². The topological polar surface area (TPSA) is 54.9 Å². The molecule has 4 nitrogen and oxygen atoms in total. The zero-order valence-corrected chi connectivity index (χ0v) is 17.5. The molecule has 4 aromatic rings. The van der Waals surface area contributed by atoms with Crippen molar-refractivity contribution in [1.29, 1.82) is 0 Å². The van der Waals surface area contributed by atoms with E-state index in [9.17, 15) is 9.18 Å². The molecule has 0 aliphatic heterocycles. The van der Waals surface area contributed by atoms with Gasteiger partial charge in [-0.3, -0.25) is 4.79 Å². The monoisotopic (exact) mass is 427 g/mol. The summed E-state index contributed by atoms with van der Waals surface area (Å²) in [6.07, 6.45) is 1.02. The first-order valence-electron chi connectivity index (χ1n) is 9.96. The second kappa shape index (κ2) is 7.93. The molecular weight excluding hydrogens is 409 g/mol. The summed E-state index contributed by atoms with van der Waals surface area (Å²) in [4.78, 5) is 20.7. The van der Waals surface area contributed by atoms with Crippen molar-refractivity contribution in [2.45, 2.75) is 19.5 Å². The Morgan fingerprint density at radius 1 is 1.16 bits per heavy atom. The SMILES string of the molecule is Cc1ccc(C#Cc2ccccn2)cc1-c1ccc2nc(NC(=O)[C@@H]3CC3F)sc2c1. The molecular formula is C25H18FN3OS. The number of nitrogens with one attached hydrogen (secondary N) is 1. The van der Waals surface area contributed by atoms with Gasteiger partial charge in [0.2, 0.25) is 5.91 Å². The Kier molecular flexibility index (Phi) is 4.97. The molecule has 0 saturated heterocycles. The van der Waals surface area contributed by atoms with Crippen LogP contribution in [0.3, 0.4) is 0 Å². The van der Waals surface area contributed by atoms with E-state index < -0.39 is 12.1 Å². The molecule has 5 rings (SSSR count). The Hall–Kier alpha value is -3.56. The highest BCUT2D eigenvalue weighted by atomic mass is 32.1. The molecule has 1 amide bonds. The number of pyridine rings is 1. The van der Waals surface area contributed by atoms with Crippen molar-refractivity contribution in [3.63, 3.8) is 0 Å². The normalized spacial score (nSPS) is 17.1. The predicted octanol–water partition coefficient (Wildman–Crippen LogP) is 5.36. The van der Waals surface area contributed by atoms with Gasteiger partial charge >= 0.3 is 0 Å². The minimum absolute atomic E-state index is 0.290. The maximum Gasteiger partial charge on any atom is 0.232 e. The number of aryl methyl sites for hydroxylation is 1. The van der Waals surface area contributed by atoms with Gasteiger partial charge in [0.15, 0.2) is 5.13 Å². The molecule has 152 valence electrons. The van der Waals surface area contributed by atoms with Crippen LogP contribution in [0.25, 0.3) is 21.3 Å². The molecule has 1 saturated carbocycles. The summed E-state index contributed by atoms with van der Waals surface area (Å²) < 4.78 is 14.1. The van der Waals surface area contributed by atoms with Gasteiger partial charge in [-0.05, 0) is 72.4 Å². The number of anilines is 1. The van der Waals surface area contributed by atoms with Crippen LogP contribution in [-0.2, 0) is 4.79 Å². The lowest BCUT2D eigenvalue weighted by Gasteiger charge is -2.07. The van der Waals surface area contributed by atoms with E-state index in [1.807, 2.05) is 36.4 Å². The smallest absolute Gasteiger partial charge is 0.232 e. The maximum atomic E-state index is 13.1. The lowest BCUT2D eigenvalue weighted by molar-refractivity contribution is -0.117. The zero-order valence-electron chi connectivity index (χ0n) is 16.7. The van der Waals surface area contributed by atoms with Crippen molar-refractivity contribution >= 4 is 32.6 Å². The average molecular weight is 428 g/mol. The Labute approximate surface area is 183 Å². The molecule has 0 spiro atoms. The van der Waals surface area contributed by atoms with E-state index in [4.69, 9.17) is 0 Å². The molecule has 1 N–H and O–H groups in total. The van der Waals surface area contributed by atoms with Gasteiger partial charge < -0.3 is 5.32 Å². The van der Waals surface area contributed by atoms with Gasteiger partial charge in [-0.2, -0.15) is 0 Å². The van der Waals surface area contributed by atoms with Crippen LogP contribution >= 0.6 is 11.3 Å². The third-order valence-corrected chi connectivity index (χ3v) is 6.15. The second-order valence-electron chi connectivity index (χ2n) is 7.54. The van der Waals surface area contributed by atoms with E-state index in [-0.39, 0.29) is 5.91 Å². The fourth-order valence-electron chi connectivity index (χ4n) is 3.36. The van der Waals surface area contributed by atoms with Crippen LogP contribution in [0.4, 0.5) is 9.52 Å². The van der Waals surface area contributed by atoms with Crippen molar-refractivity contribution < 1.29 is 9.18 Å². The number of thiazole rings is 1. The molecule has 1 aliphatic carbocycles. The Balaban J connectivity index is 1.43. The largest absolute Gasteiger partial charge is 0.302 e. The van der Waals surface area contributed by atoms with Crippen LogP contribution < -0.4 is 5.32 Å². The Bertz CT molecular complexity index is 1350. The summed E-state index contributed by atoms with van der Waals surface area (Å²) in [7, 11) is 0. The minimum Gasteiger partial charge on any atom is -0.302 e. The quantitative estimate of drug-likeness (QED) is 0.448. The summed E-state index contributed by atoms with van der Waals surface area (Å²) >= 11 is 1.40. The number of aromatic nitrogens is 2. The number of amides is 1. The third kappa shape index (κ3) is 4.18. The van der Waals surface area contributed by atoms with Crippen molar-refractivity contribution in [2.24, 2.45) is 5.92 Å². The molecule has 2 aromatic carbocycles. The molecule has 1 fully saturated rings. The summed E-state index contributed by atoms with van der Waals surface area (Å²) in [5.74, 6) is 5.45. The average Bonchev–Trinajstić information content (AvgIpc) is 3.38. The van der Waals surface area contributed by atoms with Gasteiger partial charge in [0.05, 0.1) is 16.1 Å². The summed E-state index contributed by atoms with van der Waals surface area (Å²) in [6.45, 7) is 2.07. The summed E-state index contributed by atoms with van der Waals surface area (Å²) in [5.41, 5.74) is 5.74. The molecule has 1 aliphatic rings. The van der Waals surface area contributed by atoms with Crippen LogP contribution in [0.1, 0.15) is 23.2 Å². The number of alkyl halides is 1. The van der Waals surface area contributed by atoms with Crippen molar-refractivity contribution in [2.75, 3.05) is 5.32 Å². The first kappa shape index (κ1) is 19.4. The van der Waals surface area contributed by atoms with Crippen molar-refractivity contribution in [3.8, 4) is 23.0 Å². The second-order valence-corrected chi connectivity index (χ2v) is 8.57. The number of carbonyl (C=O) groups is 1. The van der Waals surface area contributed by atoms with Crippen LogP contribution in [0.15, 0.2) is 60.8 Å². The Morgan fingerprint density at radius 2 is 2.03 bits per heavy atom. The predicted molar refractivity (Wildman–Crippen MR) is 122 cm³/mol. The number of rotatable bonds is 3. The van der Waals surface area contributed by atoms with Gasteiger partial charge in [0.1, 0.15) is 11.9 Å². The van der Waals surface area contributed by atoms with Crippen molar-refractivity contribution in [1.82, 2.24) is 9.97 Å². The maximum absolute atomic E-state index is 13.1. The standard InChI is InChI=1S/C25H18FN3OS/c1-15-5-6-16(7-9-18-4-2-3-11-27-18)12-19(15)17-8-10-22-23(13-17)31-25(28-22)29-24(30)20-14-21(20)26/h2-6,8,10-13,20-21H,14H2,1H3,(H,28,29,30)/t20-,21?/m1/s1. The highest BCUT2D eigenvalue weighted by molar-refractivity contribution is 7.22. The van der Waals surface area contributed by atoms with Crippen LogP contribution in [0.2, 0.25) is 0 Å². The number of hydrogen-bond donors (Lipinski definition) is 1. The van der Waals surface area contributed by atoms with E-state index in [0.29, 0.717) is 11.6 Å². The molecule has 2 aromatic heterocycles. The van der Waals surface area contributed by atoms with E-state index in [0.717, 1.165) is 38.2 Å². The lowest BCUT2D eigenvalue weighted by atomic mass is 9.98. The number of halogens is 1. The molecule has 0 radical (unpaired) electrons. The van der Waals surface area contributed by atoms with E-state index in [2.05, 4.69) is 52.2 Å². The van der Waals surface area contributed by atoms with Gasteiger partial charge in [0, 0.05) is 11.8 Å². The van der Waals surface area contributed by atoms with Crippen molar-refractivity contribution in [3.05, 3.63) is 77.6 Å². The minimum atomic E-state index is -1.02. The van der Waals surface area contributed by atoms with Crippen LogP contribution in [0.5, 0.6) is 0 Å². The zero-order chi connectivity index (χ0) is 21.4. The third-order valence-electron chi connectivity index (χ3n) is 5.22. The first-order chi connectivity index (χ1) is 15.1. The van der Waals surface area contributed by atoms with Crippen LogP contribution in [-0.4, -0.2) is 22.0 Å². The highest BCUT2D eigenvalue weighted by Gasteiger charge is 2.43. The number of benzene rings is 2. The first-order valence-corrected chi connectivity index (χ1v) is 10.8. The summed E-state index contributed by atoms with van der Waals surface area (Å²) in [5, 5.41) is 3.24. The molecule has 0 bridgehead atoms. The molecule has 1 unspecified atom stereocenters. The van der Waals surface area contributed by atoms with E-state index in [1.54, 1.807) is 6.20 Å². The highest BCUT2D eigenvalue weighted by Crippen LogP contribution is 2.36. The summed E-state index contributed by atoms with van der Waals surface area (Å²) in [6, 6.07) is 17.8.